The number of halogens is 4. The third kappa shape index (κ3) is 2.22. The minimum Gasteiger partial charge on any atom is -0.236 e. The molecule has 0 atom stereocenters. The SMILES string of the molecule is Cc1c(Br)c(C(F)(F)F)nn1-c1ccccc1. The molecule has 0 saturated heterocycles. The van der Waals surface area contributed by atoms with Crippen molar-refractivity contribution < 1.29 is 13.2 Å². The Kier molecular flexibility index (Phi) is 2.99. The second-order valence-corrected chi connectivity index (χ2v) is 4.29. The van der Waals surface area contributed by atoms with Gasteiger partial charge in [-0.2, -0.15) is 18.3 Å². The van der Waals surface area contributed by atoms with Gasteiger partial charge < -0.3 is 0 Å². The Morgan fingerprint density at radius 3 is 2.24 bits per heavy atom. The predicted octanol–water partition coefficient (Wildman–Crippen LogP) is 3.96. The van der Waals surface area contributed by atoms with Gasteiger partial charge in [0.2, 0.25) is 0 Å². The van der Waals surface area contributed by atoms with Crippen LogP contribution in [0.2, 0.25) is 0 Å². The first-order valence-corrected chi connectivity index (χ1v) is 5.58. The van der Waals surface area contributed by atoms with E-state index in [9.17, 15) is 13.2 Å². The zero-order valence-corrected chi connectivity index (χ0v) is 10.4. The van der Waals surface area contributed by atoms with Gasteiger partial charge in [-0.25, -0.2) is 4.68 Å². The number of hydrogen-bond acceptors (Lipinski definition) is 1. The normalized spacial score (nSPS) is 11.8. The molecule has 0 aliphatic carbocycles. The van der Waals surface area contributed by atoms with Crippen molar-refractivity contribution in [2.75, 3.05) is 0 Å². The van der Waals surface area contributed by atoms with Gasteiger partial charge in [0, 0.05) is 0 Å². The lowest BCUT2D eigenvalue weighted by atomic mass is 10.3. The van der Waals surface area contributed by atoms with E-state index < -0.39 is 11.9 Å². The molecule has 6 heteroatoms. The van der Waals surface area contributed by atoms with Crippen molar-refractivity contribution in [2.24, 2.45) is 0 Å². The molecule has 0 bridgehead atoms. The second kappa shape index (κ2) is 4.18. The van der Waals surface area contributed by atoms with Crippen molar-refractivity contribution >= 4 is 15.9 Å². The summed E-state index contributed by atoms with van der Waals surface area (Å²) in [5.74, 6) is 0. The molecule has 0 amide bonds. The summed E-state index contributed by atoms with van der Waals surface area (Å²) in [6.45, 7) is 1.58. The third-order valence-corrected chi connectivity index (χ3v) is 3.26. The molecule has 2 aromatic rings. The molecule has 1 heterocycles. The quantitative estimate of drug-likeness (QED) is 0.780. The predicted molar refractivity (Wildman–Crippen MR) is 61.0 cm³/mol. The standard InChI is InChI=1S/C11H8BrF3N2/c1-7-9(12)10(11(13,14)15)16-17(7)8-5-3-2-4-6-8/h2-6H,1H3. The topological polar surface area (TPSA) is 17.8 Å². The number of para-hydroxylation sites is 1. The van der Waals surface area contributed by atoms with Gasteiger partial charge in [-0.05, 0) is 35.0 Å². The van der Waals surface area contributed by atoms with E-state index in [0.717, 1.165) is 0 Å². The molecule has 1 aromatic carbocycles. The van der Waals surface area contributed by atoms with Crippen molar-refractivity contribution in [3.63, 3.8) is 0 Å². The summed E-state index contributed by atoms with van der Waals surface area (Å²) in [4.78, 5) is 0. The number of rotatable bonds is 1. The summed E-state index contributed by atoms with van der Waals surface area (Å²) in [6.07, 6.45) is -4.45. The first-order valence-electron chi connectivity index (χ1n) is 4.79. The lowest BCUT2D eigenvalue weighted by Crippen LogP contribution is -2.07. The number of benzene rings is 1. The number of alkyl halides is 3. The Bertz CT molecular complexity index is 532. The van der Waals surface area contributed by atoms with Crippen LogP contribution in [-0.4, -0.2) is 9.78 Å². The van der Waals surface area contributed by atoms with Gasteiger partial charge in [0.05, 0.1) is 15.9 Å². The van der Waals surface area contributed by atoms with Crippen LogP contribution in [0.25, 0.3) is 5.69 Å². The van der Waals surface area contributed by atoms with Crippen LogP contribution in [0, 0.1) is 6.92 Å². The Morgan fingerprint density at radius 2 is 1.76 bits per heavy atom. The van der Waals surface area contributed by atoms with Crippen molar-refractivity contribution in [3.8, 4) is 5.69 Å². The van der Waals surface area contributed by atoms with Crippen molar-refractivity contribution in [3.05, 3.63) is 46.2 Å². The summed E-state index contributed by atoms with van der Waals surface area (Å²) in [6, 6.07) is 8.69. The van der Waals surface area contributed by atoms with Gasteiger partial charge in [-0.15, -0.1) is 0 Å². The molecular weight excluding hydrogens is 297 g/mol. The van der Waals surface area contributed by atoms with E-state index in [1.165, 1.54) is 4.68 Å². The maximum Gasteiger partial charge on any atom is 0.436 e. The molecule has 0 saturated carbocycles. The lowest BCUT2D eigenvalue weighted by Gasteiger charge is -2.03. The van der Waals surface area contributed by atoms with Crippen molar-refractivity contribution in [2.45, 2.75) is 13.1 Å². The van der Waals surface area contributed by atoms with Crippen molar-refractivity contribution in [1.29, 1.82) is 0 Å². The monoisotopic (exact) mass is 304 g/mol. The molecular formula is C11H8BrF3N2. The van der Waals surface area contributed by atoms with Gasteiger partial charge in [0.15, 0.2) is 5.69 Å². The molecule has 90 valence electrons. The fraction of sp³-hybridized carbons (Fsp3) is 0.182. The van der Waals surface area contributed by atoms with E-state index in [1.807, 2.05) is 0 Å². The van der Waals surface area contributed by atoms with Gasteiger partial charge in [-0.1, -0.05) is 18.2 Å². The largest absolute Gasteiger partial charge is 0.436 e. The summed E-state index contributed by atoms with van der Waals surface area (Å²) < 4.78 is 39.2. The molecule has 0 fully saturated rings. The Balaban J connectivity index is 2.59. The Hall–Kier alpha value is -1.30. The van der Waals surface area contributed by atoms with Crippen LogP contribution >= 0.6 is 15.9 Å². The summed E-state index contributed by atoms with van der Waals surface area (Å²) >= 11 is 2.93. The molecule has 0 unspecified atom stereocenters. The van der Waals surface area contributed by atoms with E-state index in [1.54, 1.807) is 37.3 Å². The summed E-state index contributed by atoms with van der Waals surface area (Å²) in [7, 11) is 0. The van der Waals surface area contributed by atoms with Gasteiger partial charge >= 0.3 is 6.18 Å². The van der Waals surface area contributed by atoms with Crippen LogP contribution in [-0.2, 0) is 6.18 Å². The molecule has 0 aliphatic rings. The van der Waals surface area contributed by atoms with Crippen LogP contribution < -0.4 is 0 Å². The zero-order valence-electron chi connectivity index (χ0n) is 8.79. The number of nitrogens with zero attached hydrogens (tertiary/aromatic N) is 2. The smallest absolute Gasteiger partial charge is 0.236 e. The maximum absolute atomic E-state index is 12.7. The molecule has 0 radical (unpaired) electrons. The second-order valence-electron chi connectivity index (χ2n) is 3.49. The van der Waals surface area contributed by atoms with Crippen LogP contribution in [0.5, 0.6) is 0 Å². The average molecular weight is 305 g/mol. The molecule has 17 heavy (non-hydrogen) atoms. The molecule has 0 N–H and O–H groups in total. The van der Waals surface area contributed by atoms with E-state index >= 15 is 0 Å². The maximum atomic E-state index is 12.7. The van der Waals surface area contributed by atoms with Gasteiger partial charge in [0.25, 0.3) is 0 Å². The number of aromatic nitrogens is 2. The highest BCUT2D eigenvalue weighted by atomic mass is 79.9. The fourth-order valence-corrected chi connectivity index (χ4v) is 1.96. The van der Waals surface area contributed by atoms with Crippen LogP contribution in [0.3, 0.4) is 0 Å². The summed E-state index contributed by atoms with van der Waals surface area (Å²) in [5, 5.41) is 3.60. The van der Waals surface area contributed by atoms with Crippen LogP contribution in [0.4, 0.5) is 13.2 Å². The minimum absolute atomic E-state index is 0.0196. The first-order chi connectivity index (χ1) is 7.91. The van der Waals surface area contributed by atoms with Gasteiger partial charge in [-0.3, -0.25) is 0 Å². The van der Waals surface area contributed by atoms with Crippen molar-refractivity contribution in [1.82, 2.24) is 9.78 Å². The molecule has 0 aliphatic heterocycles. The third-order valence-electron chi connectivity index (χ3n) is 2.31. The zero-order chi connectivity index (χ0) is 12.6. The Labute approximate surface area is 104 Å². The fourth-order valence-electron chi connectivity index (χ4n) is 1.48. The van der Waals surface area contributed by atoms with E-state index in [2.05, 4.69) is 21.0 Å². The van der Waals surface area contributed by atoms with E-state index in [4.69, 9.17) is 0 Å². The number of hydrogen-bond donors (Lipinski definition) is 0. The highest BCUT2D eigenvalue weighted by molar-refractivity contribution is 9.10. The minimum atomic E-state index is -4.45. The lowest BCUT2D eigenvalue weighted by molar-refractivity contribution is -0.141. The van der Waals surface area contributed by atoms with Crippen LogP contribution in [0.1, 0.15) is 11.4 Å². The first kappa shape index (κ1) is 12.2. The molecule has 2 nitrogen and oxygen atoms in total. The van der Waals surface area contributed by atoms with E-state index in [-0.39, 0.29) is 4.47 Å². The molecule has 1 aromatic heterocycles. The highest BCUT2D eigenvalue weighted by Gasteiger charge is 2.38. The van der Waals surface area contributed by atoms with Crippen LogP contribution in [0.15, 0.2) is 34.8 Å². The molecule has 0 spiro atoms. The summed E-state index contributed by atoms with van der Waals surface area (Å²) in [5.41, 5.74) is 0.114. The average Bonchev–Trinajstić information content (AvgIpc) is 2.57. The molecule has 2 rings (SSSR count). The highest BCUT2D eigenvalue weighted by Crippen LogP contribution is 2.36. The van der Waals surface area contributed by atoms with E-state index in [0.29, 0.717) is 11.4 Å². The van der Waals surface area contributed by atoms with Gasteiger partial charge in [0.1, 0.15) is 0 Å². The Morgan fingerprint density at radius 1 is 1.18 bits per heavy atom.